The Morgan fingerprint density at radius 2 is 1.96 bits per heavy atom. The molecule has 0 radical (unpaired) electrons. The van der Waals surface area contributed by atoms with Gasteiger partial charge in [-0.3, -0.25) is 4.79 Å². The number of nitrogens with zero attached hydrogens (tertiary/aromatic N) is 1. The number of nitrogens with two attached hydrogens (primary N) is 1. The highest BCUT2D eigenvalue weighted by atomic mass is 35.5. The van der Waals surface area contributed by atoms with E-state index in [9.17, 15) is 9.59 Å². The van der Waals surface area contributed by atoms with Gasteiger partial charge in [0, 0.05) is 30.7 Å². The van der Waals surface area contributed by atoms with Gasteiger partial charge in [0.2, 0.25) is 5.91 Å². The summed E-state index contributed by atoms with van der Waals surface area (Å²) in [4.78, 5) is 26.0. The SMILES string of the molecule is CC1CCCN(C(=O)CNC(=O)NCc2ccc(Cl)cc2)C1CN.Cl. The van der Waals surface area contributed by atoms with E-state index in [4.69, 9.17) is 17.3 Å². The summed E-state index contributed by atoms with van der Waals surface area (Å²) < 4.78 is 0. The van der Waals surface area contributed by atoms with Gasteiger partial charge in [0.15, 0.2) is 0 Å². The topological polar surface area (TPSA) is 87.5 Å². The molecule has 1 aliphatic rings. The summed E-state index contributed by atoms with van der Waals surface area (Å²) in [6.07, 6.45) is 2.06. The van der Waals surface area contributed by atoms with Crippen molar-refractivity contribution < 1.29 is 9.59 Å². The quantitative estimate of drug-likeness (QED) is 0.721. The second-order valence-corrected chi connectivity index (χ2v) is 6.61. The molecule has 0 spiro atoms. The summed E-state index contributed by atoms with van der Waals surface area (Å²) in [5, 5.41) is 5.99. The minimum Gasteiger partial charge on any atom is -0.337 e. The molecule has 1 aromatic rings. The van der Waals surface area contributed by atoms with Crippen molar-refractivity contribution >= 4 is 35.9 Å². The average molecular weight is 389 g/mol. The minimum atomic E-state index is -0.368. The third-order valence-electron chi connectivity index (χ3n) is 4.44. The van der Waals surface area contributed by atoms with Gasteiger partial charge < -0.3 is 21.3 Å². The number of likely N-dealkylation sites (tertiary alicyclic amines) is 1. The fourth-order valence-electron chi connectivity index (χ4n) is 3.02. The van der Waals surface area contributed by atoms with Gasteiger partial charge in [0.1, 0.15) is 0 Å². The number of rotatable bonds is 5. The first-order chi connectivity index (χ1) is 11.5. The van der Waals surface area contributed by atoms with Crippen molar-refractivity contribution in [2.45, 2.75) is 32.4 Å². The van der Waals surface area contributed by atoms with Crippen LogP contribution < -0.4 is 16.4 Å². The molecule has 2 atom stereocenters. The molecule has 0 aromatic heterocycles. The number of halogens is 2. The van der Waals surface area contributed by atoms with Crippen LogP contribution >= 0.6 is 24.0 Å². The molecular weight excluding hydrogens is 363 g/mol. The number of piperidine rings is 1. The fraction of sp³-hybridized carbons (Fsp3) is 0.529. The Morgan fingerprint density at radius 3 is 2.60 bits per heavy atom. The van der Waals surface area contributed by atoms with E-state index in [1.54, 1.807) is 17.0 Å². The first-order valence-electron chi connectivity index (χ1n) is 8.27. The van der Waals surface area contributed by atoms with Gasteiger partial charge in [-0.05, 0) is 36.5 Å². The molecule has 2 unspecified atom stereocenters. The van der Waals surface area contributed by atoms with Crippen LogP contribution in [0.4, 0.5) is 4.79 Å². The Kier molecular flexibility index (Phi) is 9.03. The van der Waals surface area contributed by atoms with E-state index in [0.29, 0.717) is 30.6 Å². The van der Waals surface area contributed by atoms with E-state index in [1.807, 2.05) is 12.1 Å². The van der Waals surface area contributed by atoms with Gasteiger partial charge >= 0.3 is 6.03 Å². The van der Waals surface area contributed by atoms with E-state index in [2.05, 4.69) is 17.6 Å². The zero-order chi connectivity index (χ0) is 17.5. The lowest BCUT2D eigenvalue weighted by molar-refractivity contribution is -0.134. The maximum absolute atomic E-state index is 12.3. The van der Waals surface area contributed by atoms with Gasteiger partial charge in [-0.2, -0.15) is 0 Å². The first kappa shape index (κ1) is 21.5. The summed E-state index contributed by atoms with van der Waals surface area (Å²) >= 11 is 5.82. The van der Waals surface area contributed by atoms with Gasteiger partial charge in [0.25, 0.3) is 0 Å². The lowest BCUT2D eigenvalue weighted by atomic mass is 9.91. The predicted molar refractivity (Wildman–Crippen MR) is 102 cm³/mol. The van der Waals surface area contributed by atoms with Crippen molar-refractivity contribution in [3.63, 3.8) is 0 Å². The molecule has 1 fully saturated rings. The molecule has 0 bridgehead atoms. The van der Waals surface area contributed by atoms with Crippen LogP contribution in [0, 0.1) is 5.92 Å². The minimum absolute atomic E-state index is 0. The number of urea groups is 1. The lowest BCUT2D eigenvalue weighted by Crippen LogP contribution is -2.54. The zero-order valence-electron chi connectivity index (χ0n) is 14.3. The van der Waals surface area contributed by atoms with Gasteiger partial charge in [-0.15, -0.1) is 12.4 Å². The summed E-state index contributed by atoms with van der Waals surface area (Å²) in [6.45, 7) is 3.64. The molecule has 0 saturated carbocycles. The van der Waals surface area contributed by atoms with Crippen molar-refractivity contribution in [2.75, 3.05) is 19.6 Å². The molecule has 140 valence electrons. The third-order valence-corrected chi connectivity index (χ3v) is 4.70. The molecule has 0 aliphatic carbocycles. The van der Waals surface area contributed by atoms with Crippen LogP contribution in [0.3, 0.4) is 0 Å². The summed E-state index contributed by atoms with van der Waals surface area (Å²) in [7, 11) is 0. The van der Waals surface area contributed by atoms with Crippen LogP contribution in [0.15, 0.2) is 24.3 Å². The standard InChI is InChI=1S/C17H25ClN4O2.ClH/c1-12-3-2-8-22(15(12)9-19)16(23)11-21-17(24)20-10-13-4-6-14(18)7-5-13;/h4-7,12,15H,2-3,8-11,19H2,1H3,(H2,20,21,24);1H. The number of amides is 3. The van der Waals surface area contributed by atoms with Crippen LogP contribution in [0.1, 0.15) is 25.3 Å². The Morgan fingerprint density at radius 1 is 1.28 bits per heavy atom. The van der Waals surface area contributed by atoms with Crippen LogP contribution in [-0.2, 0) is 11.3 Å². The number of carbonyl (C=O) groups excluding carboxylic acids is 2. The number of benzene rings is 1. The van der Waals surface area contributed by atoms with E-state index in [-0.39, 0.29) is 36.9 Å². The van der Waals surface area contributed by atoms with Gasteiger partial charge in [-0.1, -0.05) is 30.7 Å². The van der Waals surface area contributed by atoms with Crippen molar-refractivity contribution in [3.05, 3.63) is 34.9 Å². The summed E-state index contributed by atoms with van der Waals surface area (Å²) in [6, 6.07) is 6.91. The van der Waals surface area contributed by atoms with E-state index >= 15 is 0 Å². The number of nitrogens with one attached hydrogen (secondary N) is 2. The molecule has 2 rings (SSSR count). The van der Waals surface area contributed by atoms with Gasteiger partial charge in [-0.25, -0.2) is 4.79 Å². The van der Waals surface area contributed by atoms with Crippen LogP contribution in [0.25, 0.3) is 0 Å². The van der Waals surface area contributed by atoms with E-state index in [1.165, 1.54) is 0 Å². The van der Waals surface area contributed by atoms with Gasteiger partial charge in [0.05, 0.1) is 6.54 Å². The zero-order valence-corrected chi connectivity index (χ0v) is 15.9. The molecular formula is C17H26Cl2N4O2. The summed E-state index contributed by atoms with van der Waals surface area (Å²) in [5.74, 6) is 0.310. The summed E-state index contributed by atoms with van der Waals surface area (Å²) in [5.41, 5.74) is 6.74. The molecule has 1 aliphatic heterocycles. The maximum Gasteiger partial charge on any atom is 0.315 e. The highest BCUT2D eigenvalue weighted by Gasteiger charge is 2.30. The van der Waals surface area contributed by atoms with Crippen LogP contribution in [0.5, 0.6) is 0 Å². The third kappa shape index (κ3) is 6.38. The maximum atomic E-state index is 12.3. The Labute approximate surface area is 159 Å². The number of hydrogen-bond donors (Lipinski definition) is 3. The normalized spacial score (nSPS) is 19.7. The molecule has 8 heteroatoms. The van der Waals surface area contributed by atoms with Crippen LogP contribution in [0.2, 0.25) is 5.02 Å². The molecule has 6 nitrogen and oxygen atoms in total. The predicted octanol–water partition coefficient (Wildman–Crippen LogP) is 2.15. The second-order valence-electron chi connectivity index (χ2n) is 6.17. The number of hydrogen-bond acceptors (Lipinski definition) is 3. The Bertz CT molecular complexity index is 568. The van der Waals surface area contributed by atoms with Crippen molar-refractivity contribution in [1.29, 1.82) is 0 Å². The monoisotopic (exact) mass is 388 g/mol. The van der Waals surface area contributed by atoms with Crippen molar-refractivity contribution in [3.8, 4) is 0 Å². The highest BCUT2D eigenvalue weighted by Crippen LogP contribution is 2.22. The molecule has 1 aromatic carbocycles. The first-order valence-corrected chi connectivity index (χ1v) is 8.64. The highest BCUT2D eigenvalue weighted by molar-refractivity contribution is 6.30. The fourth-order valence-corrected chi connectivity index (χ4v) is 3.15. The molecule has 1 saturated heterocycles. The molecule has 25 heavy (non-hydrogen) atoms. The smallest absolute Gasteiger partial charge is 0.315 e. The number of carbonyl (C=O) groups is 2. The van der Waals surface area contributed by atoms with Crippen molar-refractivity contribution in [1.82, 2.24) is 15.5 Å². The van der Waals surface area contributed by atoms with Crippen molar-refractivity contribution in [2.24, 2.45) is 11.7 Å². The Hall–Kier alpha value is -1.50. The molecule has 1 heterocycles. The molecule has 3 amide bonds. The second kappa shape index (κ2) is 10.5. The largest absolute Gasteiger partial charge is 0.337 e. The lowest BCUT2D eigenvalue weighted by Gasteiger charge is -2.39. The Balaban J connectivity index is 0.00000312. The van der Waals surface area contributed by atoms with Crippen LogP contribution in [-0.4, -0.2) is 42.5 Å². The molecule has 4 N–H and O–H groups in total. The van der Waals surface area contributed by atoms with E-state index in [0.717, 1.165) is 18.4 Å². The average Bonchev–Trinajstić information content (AvgIpc) is 2.59. The van der Waals surface area contributed by atoms with E-state index < -0.39 is 0 Å².